The molecule has 2 nitrogen and oxygen atoms in total. The molecule has 0 saturated heterocycles. The van der Waals surface area contributed by atoms with Gasteiger partial charge in [-0.2, -0.15) is 0 Å². The molecule has 3 heteroatoms. The van der Waals surface area contributed by atoms with Gasteiger partial charge in [-0.1, -0.05) is 19.4 Å². The van der Waals surface area contributed by atoms with E-state index in [0.717, 1.165) is 18.4 Å². The standard InChI is InChI=1S/C11H16FNO/c1-3-4-10(13)8-5-7(2)6-9(12)11(8)14/h5-6,10,14H,3-4,13H2,1-2H3/t10-/m1/s1. The number of halogens is 1. The topological polar surface area (TPSA) is 46.2 Å². The van der Waals surface area contributed by atoms with Gasteiger partial charge in [0.25, 0.3) is 0 Å². The molecule has 0 heterocycles. The summed E-state index contributed by atoms with van der Waals surface area (Å²) in [5.74, 6) is -0.900. The number of phenols is 1. The monoisotopic (exact) mass is 197 g/mol. The van der Waals surface area contributed by atoms with E-state index in [1.54, 1.807) is 13.0 Å². The smallest absolute Gasteiger partial charge is 0.165 e. The van der Waals surface area contributed by atoms with E-state index in [0.29, 0.717) is 5.56 Å². The van der Waals surface area contributed by atoms with Gasteiger partial charge in [-0.15, -0.1) is 0 Å². The van der Waals surface area contributed by atoms with Gasteiger partial charge in [-0.25, -0.2) is 4.39 Å². The molecule has 0 spiro atoms. The van der Waals surface area contributed by atoms with Gasteiger partial charge in [-0.3, -0.25) is 0 Å². The van der Waals surface area contributed by atoms with Crippen LogP contribution in [0.5, 0.6) is 5.75 Å². The molecule has 1 rings (SSSR count). The van der Waals surface area contributed by atoms with Gasteiger partial charge in [0.15, 0.2) is 11.6 Å². The maximum absolute atomic E-state index is 13.1. The largest absolute Gasteiger partial charge is 0.505 e. The Labute approximate surface area is 83.6 Å². The quantitative estimate of drug-likeness (QED) is 0.782. The van der Waals surface area contributed by atoms with Gasteiger partial charge in [0, 0.05) is 11.6 Å². The fraction of sp³-hybridized carbons (Fsp3) is 0.455. The molecule has 1 aromatic rings. The first kappa shape index (κ1) is 11.0. The summed E-state index contributed by atoms with van der Waals surface area (Å²) in [6.07, 6.45) is 1.66. The van der Waals surface area contributed by atoms with Crippen LogP contribution in [0.3, 0.4) is 0 Å². The van der Waals surface area contributed by atoms with E-state index in [9.17, 15) is 9.50 Å². The van der Waals surface area contributed by atoms with Crippen LogP contribution in [-0.4, -0.2) is 5.11 Å². The predicted molar refractivity (Wildman–Crippen MR) is 54.6 cm³/mol. The second kappa shape index (κ2) is 4.42. The molecule has 14 heavy (non-hydrogen) atoms. The minimum Gasteiger partial charge on any atom is -0.505 e. The summed E-state index contributed by atoms with van der Waals surface area (Å²) < 4.78 is 13.1. The molecule has 0 radical (unpaired) electrons. The van der Waals surface area contributed by atoms with Crippen molar-refractivity contribution >= 4 is 0 Å². The summed E-state index contributed by atoms with van der Waals surface area (Å²) in [5, 5.41) is 9.46. The zero-order valence-corrected chi connectivity index (χ0v) is 8.55. The zero-order chi connectivity index (χ0) is 10.7. The molecule has 1 aromatic carbocycles. The van der Waals surface area contributed by atoms with Gasteiger partial charge >= 0.3 is 0 Å². The van der Waals surface area contributed by atoms with Gasteiger partial charge < -0.3 is 10.8 Å². The predicted octanol–water partition coefficient (Wildman–Crippen LogP) is 2.64. The first-order valence-electron chi connectivity index (χ1n) is 4.80. The van der Waals surface area contributed by atoms with Crippen LogP contribution in [0.2, 0.25) is 0 Å². The third-order valence-corrected chi connectivity index (χ3v) is 2.24. The maximum atomic E-state index is 13.1. The molecule has 78 valence electrons. The van der Waals surface area contributed by atoms with Crippen LogP contribution in [0, 0.1) is 12.7 Å². The molecule has 0 bridgehead atoms. The Hall–Kier alpha value is -1.09. The van der Waals surface area contributed by atoms with Gasteiger partial charge in [0.2, 0.25) is 0 Å². The van der Waals surface area contributed by atoms with Crippen LogP contribution in [0.1, 0.15) is 36.9 Å². The first-order valence-corrected chi connectivity index (χ1v) is 4.80. The van der Waals surface area contributed by atoms with Crippen molar-refractivity contribution in [3.8, 4) is 5.75 Å². The van der Waals surface area contributed by atoms with Crippen molar-refractivity contribution in [3.63, 3.8) is 0 Å². The van der Waals surface area contributed by atoms with Crippen molar-refractivity contribution in [3.05, 3.63) is 29.1 Å². The minimum atomic E-state index is -0.591. The van der Waals surface area contributed by atoms with E-state index in [1.165, 1.54) is 6.07 Å². The van der Waals surface area contributed by atoms with E-state index in [-0.39, 0.29) is 11.8 Å². The number of benzene rings is 1. The SMILES string of the molecule is CCC[C@@H](N)c1cc(C)cc(F)c1O. The molecule has 0 saturated carbocycles. The van der Waals surface area contributed by atoms with Crippen LogP contribution in [0.25, 0.3) is 0 Å². The minimum absolute atomic E-state index is 0.283. The zero-order valence-electron chi connectivity index (χ0n) is 8.55. The molecule has 0 fully saturated rings. The average molecular weight is 197 g/mol. The van der Waals surface area contributed by atoms with Crippen LogP contribution < -0.4 is 5.73 Å². The second-order valence-electron chi connectivity index (χ2n) is 3.58. The number of aromatic hydroxyl groups is 1. The Balaban J connectivity index is 3.07. The van der Waals surface area contributed by atoms with Crippen molar-refractivity contribution in [2.75, 3.05) is 0 Å². The number of nitrogens with two attached hydrogens (primary N) is 1. The number of rotatable bonds is 3. The third kappa shape index (κ3) is 2.23. The van der Waals surface area contributed by atoms with Crippen molar-refractivity contribution < 1.29 is 9.50 Å². The summed E-state index contributed by atoms with van der Waals surface area (Å²) in [7, 11) is 0. The highest BCUT2D eigenvalue weighted by molar-refractivity contribution is 5.39. The fourth-order valence-corrected chi connectivity index (χ4v) is 1.51. The lowest BCUT2D eigenvalue weighted by molar-refractivity contribution is 0.418. The van der Waals surface area contributed by atoms with Crippen LogP contribution in [-0.2, 0) is 0 Å². The summed E-state index contributed by atoms with van der Waals surface area (Å²) in [6, 6.07) is 2.75. The normalized spacial score (nSPS) is 12.9. The molecule has 0 aromatic heterocycles. The summed E-state index contributed by atoms with van der Waals surface area (Å²) in [6.45, 7) is 3.79. The molecule has 0 amide bonds. The third-order valence-electron chi connectivity index (χ3n) is 2.24. The number of hydrogen-bond donors (Lipinski definition) is 2. The summed E-state index contributed by atoms with van der Waals surface area (Å²) in [4.78, 5) is 0. The van der Waals surface area contributed by atoms with Gasteiger partial charge in [0.05, 0.1) is 0 Å². The lowest BCUT2D eigenvalue weighted by Gasteiger charge is -2.13. The van der Waals surface area contributed by atoms with Crippen LogP contribution in [0.15, 0.2) is 12.1 Å². The number of hydrogen-bond acceptors (Lipinski definition) is 2. The number of aryl methyl sites for hydroxylation is 1. The molecule has 0 aliphatic rings. The average Bonchev–Trinajstić information content (AvgIpc) is 2.11. The van der Waals surface area contributed by atoms with Gasteiger partial charge in [-0.05, 0) is 25.0 Å². The molecule has 0 aliphatic heterocycles. The molecular weight excluding hydrogens is 181 g/mol. The Bertz CT molecular complexity index is 325. The molecule has 3 N–H and O–H groups in total. The highest BCUT2D eigenvalue weighted by Gasteiger charge is 2.14. The summed E-state index contributed by atoms with van der Waals surface area (Å²) in [5.41, 5.74) is 7.10. The lowest BCUT2D eigenvalue weighted by atomic mass is 10.00. The first-order chi connectivity index (χ1) is 6.56. The second-order valence-corrected chi connectivity index (χ2v) is 3.58. The van der Waals surface area contributed by atoms with E-state index >= 15 is 0 Å². The lowest BCUT2D eigenvalue weighted by Crippen LogP contribution is -2.10. The highest BCUT2D eigenvalue weighted by Crippen LogP contribution is 2.29. The van der Waals surface area contributed by atoms with Crippen LogP contribution >= 0.6 is 0 Å². The number of phenolic OH excluding ortho intramolecular Hbond substituents is 1. The fourth-order valence-electron chi connectivity index (χ4n) is 1.51. The molecular formula is C11H16FNO. The Morgan fingerprint density at radius 3 is 2.71 bits per heavy atom. The van der Waals surface area contributed by atoms with Crippen molar-refractivity contribution in [2.45, 2.75) is 32.7 Å². The van der Waals surface area contributed by atoms with E-state index in [1.807, 2.05) is 6.92 Å². The Kier molecular flexibility index (Phi) is 3.47. The molecule has 0 unspecified atom stereocenters. The van der Waals surface area contributed by atoms with Crippen molar-refractivity contribution in [1.82, 2.24) is 0 Å². The Morgan fingerprint density at radius 1 is 1.50 bits per heavy atom. The van der Waals surface area contributed by atoms with Crippen molar-refractivity contribution in [1.29, 1.82) is 0 Å². The maximum Gasteiger partial charge on any atom is 0.165 e. The molecule has 1 atom stereocenters. The summed E-state index contributed by atoms with van der Waals surface area (Å²) >= 11 is 0. The van der Waals surface area contributed by atoms with Crippen LogP contribution in [0.4, 0.5) is 4.39 Å². The Morgan fingerprint density at radius 2 is 2.14 bits per heavy atom. The van der Waals surface area contributed by atoms with E-state index < -0.39 is 5.82 Å². The van der Waals surface area contributed by atoms with Crippen molar-refractivity contribution in [2.24, 2.45) is 5.73 Å². The molecule has 0 aliphatic carbocycles. The van der Waals surface area contributed by atoms with E-state index in [2.05, 4.69) is 0 Å². The van der Waals surface area contributed by atoms with E-state index in [4.69, 9.17) is 5.73 Å². The highest BCUT2D eigenvalue weighted by atomic mass is 19.1. The van der Waals surface area contributed by atoms with Gasteiger partial charge in [0.1, 0.15) is 0 Å².